The van der Waals surface area contributed by atoms with Crippen molar-refractivity contribution in [2.45, 2.75) is 44.9 Å². The van der Waals surface area contributed by atoms with Crippen LogP contribution in [0.2, 0.25) is 0 Å². The monoisotopic (exact) mass is 382 g/mol. The molecule has 0 aliphatic carbocycles. The highest BCUT2D eigenvalue weighted by atomic mass is 32.2. The lowest BCUT2D eigenvalue weighted by atomic mass is 9.99. The zero-order chi connectivity index (χ0) is 19.3. The Morgan fingerprint density at radius 2 is 1.92 bits per heavy atom. The van der Waals surface area contributed by atoms with E-state index in [0.29, 0.717) is 37.4 Å². The predicted molar refractivity (Wildman–Crippen MR) is 102 cm³/mol. The molecule has 1 aliphatic heterocycles. The van der Waals surface area contributed by atoms with Crippen molar-refractivity contribution in [3.8, 4) is 0 Å². The minimum absolute atomic E-state index is 0.0710. The number of aryl methyl sites for hydroxylation is 3. The maximum Gasteiger partial charge on any atom is 0.243 e. The summed E-state index contributed by atoms with van der Waals surface area (Å²) >= 11 is 0. The molecule has 26 heavy (non-hydrogen) atoms. The normalized spacial score (nSPS) is 18.7. The summed E-state index contributed by atoms with van der Waals surface area (Å²) in [5.74, 6) is -0.370. The molecule has 1 atom stereocenters. The Hall–Kier alpha value is -1.44. The van der Waals surface area contributed by atoms with E-state index in [-0.39, 0.29) is 18.4 Å². The van der Waals surface area contributed by atoms with Gasteiger partial charge in [0, 0.05) is 33.4 Å². The number of nitrogens with zero attached hydrogens (tertiary/aromatic N) is 1. The van der Waals surface area contributed by atoms with Crippen molar-refractivity contribution < 1.29 is 17.9 Å². The third-order valence-electron chi connectivity index (χ3n) is 4.78. The molecule has 0 saturated carbocycles. The molecular formula is C19H30N2O4S. The van der Waals surface area contributed by atoms with E-state index in [1.165, 1.54) is 4.31 Å². The Bertz CT molecular complexity index is 723. The highest BCUT2D eigenvalue weighted by Gasteiger charge is 2.34. The quantitative estimate of drug-likeness (QED) is 0.734. The Morgan fingerprint density at radius 1 is 1.27 bits per heavy atom. The number of hydrogen-bond donors (Lipinski definition) is 1. The number of methoxy groups -OCH3 is 1. The van der Waals surface area contributed by atoms with Crippen molar-refractivity contribution in [1.82, 2.24) is 9.62 Å². The molecule has 2 rings (SSSR count). The van der Waals surface area contributed by atoms with Gasteiger partial charge in [-0.15, -0.1) is 0 Å². The summed E-state index contributed by atoms with van der Waals surface area (Å²) in [5, 5.41) is 2.89. The van der Waals surface area contributed by atoms with Crippen molar-refractivity contribution in [3.63, 3.8) is 0 Å². The second-order valence-electron chi connectivity index (χ2n) is 7.07. The first-order chi connectivity index (χ1) is 12.3. The van der Waals surface area contributed by atoms with Gasteiger partial charge in [0.25, 0.3) is 0 Å². The molecular weight excluding hydrogens is 352 g/mol. The molecule has 1 aliphatic rings. The number of carbonyl (C=O) groups excluding carboxylic acids is 1. The van der Waals surface area contributed by atoms with Crippen molar-refractivity contribution in [2.24, 2.45) is 5.92 Å². The Labute approximate surface area is 157 Å². The molecule has 1 aromatic carbocycles. The van der Waals surface area contributed by atoms with Crippen LogP contribution in [0.25, 0.3) is 0 Å². The minimum Gasteiger partial charge on any atom is -0.385 e. The van der Waals surface area contributed by atoms with Crippen molar-refractivity contribution in [3.05, 3.63) is 28.8 Å². The van der Waals surface area contributed by atoms with Gasteiger partial charge in [-0.2, -0.15) is 4.31 Å². The molecule has 1 N–H and O–H groups in total. The third kappa shape index (κ3) is 4.84. The van der Waals surface area contributed by atoms with Crippen LogP contribution in [-0.2, 0) is 19.6 Å². The molecule has 1 aromatic rings. The summed E-state index contributed by atoms with van der Waals surface area (Å²) in [6.45, 7) is 7.46. The van der Waals surface area contributed by atoms with Gasteiger partial charge in [0.15, 0.2) is 0 Å². The molecule has 1 saturated heterocycles. The molecule has 0 spiro atoms. The number of rotatable bonds is 7. The van der Waals surface area contributed by atoms with Gasteiger partial charge in [0.2, 0.25) is 15.9 Å². The first-order valence-electron chi connectivity index (χ1n) is 9.12. The maximum absolute atomic E-state index is 13.2. The van der Waals surface area contributed by atoms with Crippen LogP contribution in [0.15, 0.2) is 17.0 Å². The van der Waals surface area contributed by atoms with Gasteiger partial charge < -0.3 is 10.1 Å². The van der Waals surface area contributed by atoms with Gasteiger partial charge in [-0.05, 0) is 51.2 Å². The fourth-order valence-corrected chi connectivity index (χ4v) is 5.59. The molecule has 0 radical (unpaired) electrons. The summed E-state index contributed by atoms with van der Waals surface area (Å²) < 4.78 is 32.8. The molecule has 1 heterocycles. The smallest absolute Gasteiger partial charge is 0.243 e. The van der Waals surface area contributed by atoms with Crippen LogP contribution in [-0.4, -0.2) is 52.0 Å². The molecule has 0 bridgehead atoms. The van der Waals surface area contributed by atoms with Crippen LogP contribution in [0.1, 0.15) is 36.0 Å². The van der Waals surface area contributed by atoms with Crippen molar-refractivity contribution >= 4 is 15.9 Å². The van der Waals surface area contributed by atoms with Crippen LogP contribution >= 0.6 is 0 Å². The Morgan fingerprint density at radius 3 is 2.54 bits per heavy atom. The Kier molecular flexibility index (Phi) is 7.20. The average Bonchev–Trinajstić information content (AvgIpc) is 2.57. The zero-order valence-corrected chi connectivity index (χ0v) is 17.0. The van der Waals surface area contributed by atoms with E-state index < -0.39 is 10.0 Å². The predicted octanol–water partition coefficient (Wildman–Crippen LogP) is 2.17. The largest absolute Gasteiger partial charge is 0.385 e. The van der Waals surface area contributed by atoms with Crippen LogP contribution in [0.4, 0.5) is 0 Å². The van der Waals surface area contributed by atoms with Gasteiger partial charge >= 0.3 is 0 Å². The van der Waals surface area contributed by atoms with Gasteiger partial charge in [-0.25, -0.2) is 8.42 Å². The standard InChI is InChI=1S/C19H30N2O4S/c1-14-11-15(2)18(16(3)12-14)26(23,24)21-9-5-7-17(13-21)19(22)20-8-6-10-25-4/h11-12,17H,5-10,13H2,1-4H3,(H,20,22)/t17-/m1/s1. The molecule has 6 nitrogen and oxygen atoms in total. The van der Waals surface area contributed by atoms with E-state index in [4.69, 9.17) is 4.74 Å². The molecule has 146 valence electrons. The summed E-state index contributed by atoms with van der Waals surface area (Å²) in [7, 11) is -1.98. The molecule has 7 heteroatoms. The van der Waals surface area contributed by atoms with Crippen molar-refractivity contribution in [2.75, 3.05) is 33.4 Å². The summed E-state index contributed by atoms with van der Waals surface area (Å²) in [6.07, 6.45) is 2.16. The van der Waals surface area contributed by atoms with Crippen LogP contribution in [0.5, 0.6) is 0 Å². The SMILES string of the molecule is COCCCNC(=O)[C@@H]1CCCN(S(=O)(=O)c2c(C)cc(C)cc2C)C1. The highest BCUT2D eigenvalue weighted by Crippen LogP contribution is 2.28. The number of carbonyl (C=O) groups is 1. The van der Waals surface area contributed by atoms with E-state index in [1.54, 1.807) is 7.11 Å². The van der Waals surface area contributed by atoms with Crippen molar-refractivity contribution in [1.29, 1.82) is 0 Å². The van der Waals surface area contributed by atoms with E-state index in [9.17, 15) is 13.2 Å². The highest BCUT2D eigenvalue weighted by molar-refractivity contribution is 7.89. The average molecular weight is 383 g/mol. The number of nitrogens with one attached hydrogen (secondary N) is 1. The fourth-order valence-electron chi connectivity index (χ4n) is 3.65. The van der Waals surface area contributed by atoms with Crippen LogP contribution in [0, 0.1) is 26.7 Å². The lowest BCUT2D eigenvalue weighted by molar-refractivity contribution is -0.126. The molecule has 1 amide bonds. The number of sulfonamides is 1. The number of amides is 1. The summed E-state index contributed by atoms with van der Waals surface area (Å²) in [5.41, 5.74) is 2.56. The second kappa shape index (κ2) is 8.97. The number of benzene rings is 1. The summed E-state index contributed by atoms with van der Waals surface area (Å²) in [4.78, 5) is 12.8. The molecule has 0 aromatic heterocycles. The second-order valence-corrected chi connectivity index (χ2v) is 8.94. The van der Waals surface area contributed by atoms with E-state index >= 15 is 0 Å². The van der Waals surface area contributed by atoms with Gasteiger partial charge in [-0.1, -0.05) is 17.7 Å². The summed E-state index contributed by atoms with van der Waals surface area (Å²) in [6, 6.07) is 3.79. The van der Waals surface area contributed by atoms with Gasteiger partial charge in [0.05, 0.1) is 10.8 Å². The van der Waals surface area contributed by atoms with E-state index in [2.05, 4.69) is 5.32 Å². The molecule has 1 fully saturated rings. The van der Waals surface area contributed by atoms with E-state index in [1.807, 2.05) is 32.9 Å². The number of ether oxygens (including phenoxy) is 1. The lowest BCUT2D eigenvalue weighted by Crippen LogP contribution is -2.45. The topological polar surface area (TPSA) is 75.7 Å². The fraction of sp³-hybridized carbons (Fsp3) is 0.632. The van der Waals surface area contributed by atoms with Crippen LogP contribution < -0.4 is 5.32 Å². The Balaban J connectivity index is 2.12. The minimum atomic E-state index is -3.60. The van der Waals surface area contributed by atoms with Crippen LogP contribution in [0.3, 0.4) is 0 Å². The first-order valence-corrected chi connectivity index (χ1v) is 10.6. The zero-order valence-electron chi connectivity index (χ0n) is 16.2. The van der Waals surface area contributed by atoms with E-state index in [0.717, 1.165) is 23.1 Å². The molecule has 0 unspecified atom stereocenters. The van der Waals surface area contributed by atoms with Gasteiger partial charge in [0.1, 0.15) is 0 Å². The maximum atomic E-state index is 13.2. The number of piperidine rings is 1. The first kappa shape index (κ1) is 20.9. The lowest BCUT2D eigenvalue weighted by Gasteiger charge is -2.32. The third-order valence-corrected chi connectivity index (χ3v) is 6.95. The number of hydrogen-bond acceptors (Lipinski definition) is 4. The van der Waals surface area contributed by atoms with Gasteiger partial charge in [-0.3, -0.25) is 4.79 Å².